The lowest BCUT2D eigenvalue weighted by Gasteiger charge is -2.13. The Balaban J connectivity index is 2.51. The van der Waals surface area contributed by atoms with Crippen molar-refractivity contribution in [3.63, 3.8) is 0 Å². The molecule has 0 saturated carbocycles. The van der Waals surface area contributed by atoms with Gasteiger partial charge in [-0.1, -0.05) is 19.4 Å². The molecule has 2 N–H and O–H groups in total. The summed E-state index contributed by atoms with van der Waals surface area (Å²) in [5.74, 6) is 0.718. The number of hydrogen-bond acceptors (Lipinski definition) is 3. The molecule has 90 valence electrons. The average Bonchev–Trinajstić information content (AvgIpc) is 2.27. The first kappa shape index (κ1) is 12.8. The second kappa shape index (κ2) is 6.38. The Morgan fingerprint density at radius 2 is 2.19 bits per heavy atom. The second-order valence-corrected chi connectivity index (χ2v) is 4.08. The van der Waals surface area contributed by atoms with Crippen LogP contribution in [0.25, 0.3) is 0 Å². The highest BCUT2D eigenvalue weighted by molar-refractivity contribution is 5.41. The van der Waals surface area contributed by atoms with Gasteiger partial charge in [-0.2, -0.15) is 0 Å². The van der Waals surface area contributed by atoms with Crippen LogP contribution in [0.2, 0.25) is 0 Å². The maximum Gasteiger partial charge on any atom is 0.160 e. The minimum Gasteiger partial charge on any atom is -0.504 e. The van der Waals surface area contributed by atoms with Gasteiger partial charge in [-0.25, -0.2) is 0 Å². The molecule has 1 unspecified atom stereocenters. The maximum atomic E-state index is 9.61. The Kier molecular flexibility index (Phi) is 5.12. The summed E-state index contributed by atoms with van der Waals surface area (Å²) in [6.07, 6.45) is 2.35. The minimum absolute atomic E-state index is 0.199. The van der Waals surface area contributed by atoms with Gasteiger partial charge in [0.15, 0.2) is 11.5 Å². The Morgan fingerprint density at radius 3 is 2.75 bits per heavy atom. The van der Waals surface area contributed by atoms with E-state index in [0.717, 1.165) is 12.1 Å². The number of rotatable bonds is 6. The van der Waals surface area contributed by atoms with Gasteiger partial charge in [-0.3, -0.25) is 0 Å². The van der Waals surface area contributed by atoms with E-state index >= 15 is 0 Å². The molecular weight excluding hydrogens is 202 g/mol. The predicted molar refractivity (Wildman–Crippen MR) is 65.9 cm³/mol. The van der Waals surface area contributed by atoms with Gasteiger partial charge in [0, 0.05) is 12.6 Å². The number of methoxy groups -OCH3 is 1. The largest absolute Gasteiger partial charge is 0.504 e. The highest BCUT2D eigenvalue weighted by atomic mass is 16.5. The van der Waals surface area contributed by atoms with Gasteiger partial charge in [0.1, 0.15) is 0 Å². The summed E-state index contributed by atoms with van der Waals surface area (Å²) in [6.45, 7) is 5.13. The van der Waals surface area contributed by atoms with E-state index in [1.807, 2.05) is 6.07 Å². The van der Waals surface area contributed by atoms with Crippen LogP contribution in [0.1, 0.15) is 32.3 Å². The van der Waals surface area contributed by atoms with Crippen LogP contribution < -0.4 is 10.1 Å². The Bertz CT molecular complexity index is 326. The number of ether oxygens (including phenoxy) is 1. The highest BCUT2D eigenvalue weighted by Gasteiger charge is 2.04. The number of benzene rings is 1. The number of nitrogens with one attached hydrogen (secondary N) is 1. The zero-order valence-corrected chi connectivity index (χ0v) is 10.3. The van der Waals surface area contributed by atoms with E-state index in [9.17, 15) is 5.11 Å². The van der Waals surface area contributed by atoms with Crippen LogP contribution in [0.15, 0.2) is 18.2 Å². The van der Waals surface area contributed by atoms with Crippen LogP contribution >= 0.6 is 0 Å². The van der Waals surface area contributed by atoms with Crippen molar-refractivity contribution < 1.29 is 9.84 Å². The fraction of sp³-hybridized carbons (Fsp3) is 0.538. The fourth-order valence-electron chi connectivity index (χ4n) is 1.67. The number of hydrogen-bond donors (Lipinski definition) is 2. The third kappa shape index (κ3) is 3.74. The van der Waals surface area contributed by atoms with E-state index < -0.39 is 0 Å². The summed E-state index contributed by atoms with van der Waals surface area (Å²) < 4.78 is 4.99. The van der Waals surface area contributed by atoms with Crippen molar-refractivity contribution in [1.82, 2.24) is 5.32 Å². The van der Waals surface area contributed by atoms with Crippen molar-refractivity contribution in [3.8, 4) is 11.5 Å². The van der Waals surface area contributed by atoms with Crippen molar-refractivity contribution in [3.05, 3.63) is 23.8 Å². The Morgan fingerprint density at radius 1 is 1.44 bits per heavy atom. The molecule has 0 bridgehead atoms. The molecule has 16 heavy (non-hydrogen) atoms. The van der Waals surface area contributed by atoms with E-state index in [-0.39, 0.29) is 5.75 Å². The molecule has 0 spiro atoms. The predicted octanol–water partition coefficient (Wildman–Crippen LogP) is 2.68. The summed E-state index contributed by atoms with van der Waals surface area (Å²) in [6, 6.07) is 6.00. The third-order valence-corrected chi connectivity index (χ3v) is 2.62. The van der Waals surface area contributed by atoms with Crippen molar-refractivity contribution in [1.29, 1.82) is 0 Å². The first-order valence-corrected chi connectivity index (χ1v) is 5.76. The molecule has 0 aliphatic rings. The van der Waals surface area contributed by atoms with Crippen LogP contribution in [0, 0.1) is 0 Å². The lowest BCUT2D eigenvalue weighted by Crippen LogP contribution is -2.24. The van der Waals surface area contributed by atoms with Crippen molar-refractivity contribution >= 4 is 0 Å². The smallest absolute Gasteiger partial charge is 0.160 e. The van der Waals surface area contributed by atoms with Crippen molar-refractivity contribution in [2.75, 3.05) is 7.11 Å². The molecule has 1 atom stereocenters. The second-order valence-electron chi connectivity index (χ2n) is 4.08. The number of phenolic OH excluding ortho intramolecular Hbond substituents is 1. The number of phenols is 1. The molecule has 0 aromatic heterocycles. The lowest BCUT2D eigenvalue weighted by atomic mass is 10.1. The molecule has 3 heteroatoms. The van der Waals surface area contributed by atoms with Gasteiger partial charge in [-0.15, -0.1) is 0 Å². The zero-order chi connectivity index (χ0) is 12.0. The summed E-state index contributed by atoms with van der Waals surface area (Å²) >= 11 is 0. The molecule has 0 heterocycles. The molecule has 0 fully saturated rings. The van der Waals surface area contributed by atoms with Crippen LogP contribution in [0.5, 0.6) is 11.5 Å². The molecule has 1 rings (SSSR count). The maximum absolute atomic E-state index is 9.61. The minimum atomic E-state index is 0.199. The van der Waals surface area contributed by atoms with Crippen LogP contribution in [0.4, 0.5) is 0 Å². The molecule has 1 aromatic carbocycles. The lowest BCUT2D eigenvalue weighted by molar-refractivity contribution is 0.372. The van der Waals surface area contributed by atoms with Crippen molar-refractivity contribution in [2.24, 2.45) is 0 Å². The molecular formula is C13H21NO2. The van der Waals surface area contributed by atoms with Gasteiger partial charge in [0.2, 0.25) is 0 Å². The molecule has 1 aromatic rings. The van der Waals surface area contributed by atoms with E-state index in [1.165, 1.54) is 12.8 Å². The monoisotopic (exact) mass is 223 g/mol. The molecule has 3 nitrogen and oxygen atoms in total. The number of aromatic hydroxyl groups is 1. The van der Waals surface area contributed by atoms with Crippen LogP contribution in [0.3, 0.4) is 0 Å². The summed E-state index contributed by atoms with van der Waals surface area (Å²) in [5.41, 5.74) is 1.07. The van der Waals surface area contributed by atoms with Gasteiger partial charge >= 0.3 is 0 Å². The van der Waals surface area contributed by atoms with Gasteiger partial charge in [0.25, 0.3) is 0 Å². The van der Waals surface area contributed by atoms with Crippen molar-refractivity contribution in [2.45, 2.75) is 39.3 Å². The third-order valence-electron chi connectivity index (χ3n) is 2.62. The average molecular weight is 223 g/mol. The standard InChI is InChI=1S/C13H21NO2/c1-4-5-10(2)14-9-11-6-7-13(16-3)12(15)8-11/h6-8,10,14-15H,4-5,9H2,1-3H3. The molecule has 0 aliphatic heterocycles. The van der Waals surface area contributed by atoms with Crippen LogP contribution in [-0.2, 0) is 6.54 Å². The van der Waals surface area contributed by atoms with Gasteiger partial charge in [-0.05, 0) is 31.0 Å². The van der Waals surface area contributed by atoms with Crippen LogP contribution in [-0.4, -0.2) is 18.3 Å². The summed E-state index contributed by atoms with van der Waals surface area (Å²) in [4.78, 5) is 0. The van der Waals surface area contributed by atoms with Gasteiger partial charge in [0.05, 0.1) is 7.11 Å². The molecule has 0 amide bonds. The Hall–Kier alpha value is -1.22. The van der Waals surface area contributed by atoms with E-state index in [0.29, 0.717) is 11.8 Å². The zero-order valence-electron chi connectivity index (χ0n) is 10.3. The highest BCUT2D eigenvalue weighted by Crippen LogP contribution is 2.26. The Labute approximate surface area is 97.4 Å². The van der Waals surface area contributed by atoms with E-state index in [4.69, 9.17) is 4.74 Å². The molecule has 0 saturated heterocycles. The molecule has 0 radical (unpaired) electrons. The fourth-order valence-corrected chi connectivity index (χ4v) is 1.67. The van der Waals surface area contributed by atoms with Gasteiger partial charge < -0.3 is 15.2 Å². The van der Waals surface area contributed by atoms with E-state index in [2.05, 4.69) is 19.2 Å². The summed E-state index contributed by atoms with van der Waals surface area (Å²) in [7, 11) is 1.55. The normalized spacial score (nSPS) is 12.4. The SMILES string of the molecule is CCCC(C)NCc1ccc(OC)c(O)c1. The first-order chi connectivity index (χ1) is 7.67. The summed E-state index contributed by atoms with van der Waals surface area (Å²) in [5, 5.41) is 13.0. The first-order valence-electron chi connectivity index (χ1n) is 5.76. The van der Waals surface area contributed by atoms with E-state index in [1.54, 1.807) is 19.2 Å². The quantitative estimate of drug-likeness (QED) is 0.779. The topological polar surface area (TPSA) is 41.5 Å². The molecule has 0 aliphatic carbocycles.